The highest BCUT2D eigenvalue weighted by atomic mass is 79.9. The lowest BCUT2D eigenvalue weighted by Crippen LogP contribution is -2.35. The van der Waals surface area contributed by atoms with Crippen LogP contribution < -0.4 is 10.6 Å². The van der Waals surface area contributed by atoms with E-state index in [1.807, 2.05) is 0 Å². The molecule has 0 aliphatic carbocycles. The first-order chi connectivity index (χ1) is 6.13. The van der Waals surface area contributed by atoms with Crippen LogP contribution in [0.3, 0.4) is 0 Å². The molecule has 1 aromatic heterocycles. The van der Waals surface area contributed by atoms with Gasteiger partial charge in [-0.1, -0.05) is 11.3 Å². The average Bonchev–Trinajstić information content (AvgIpc) is 2.49. The van der Waals surface area contributed by atoms with Crippen LogP contribution in [0.4, 0.5) is 5.13 Å². The fourth-order valence-corrected chi connectivity index (χ4v) is 1.77. The summed E-state index contributed by atoms with van der Waals surface area (Å²) in [6.07, 6.45) is 1.66. The summed E-state index contributed by atoms with van der Waals surface area (Å²) in [5.41, 5.74) is 0. The first kappa shape index (κ1) is 10.6. The first-order valence-electron chi connectivity index (χ1n) is 3.73. The number of thiazole rings is 1. The van der Waals surface area contributed by atoms with Crippen LogP contribution in [0.25, 0.3) is 0 Å². The van der Waals surface area contributed by atoms with Crippen molar-refractivity contribution in [1.82, 2.24) is 10.3 Å². The molecule has 0 aromatic carbocycles. The third-order valence-electron chi connectivity index (χ3n) is 1.53. The number of rotatable bonds is 3. The zero-order valence-corrected chi connectivity index (χ0v) is 9.70. The third kappa shape index (κ3) is 3.06. The van der Waals surface area contributed by atoms with Gasteiger partial charge in [-0.15, -0.1) is 0 Å². The molecule has 0 radical (unpaired) electrons. The van der Waals surface area contributed by atoms with E-state index in [1.54, 1.807) is 20.2 Å². The molecule has 72 valence electrons. The highest BCUT2D eigenvalue weighted by Gasteiger charge is 2.11. The number of amides is 1. The highest BCUT2D eigenvalue weighted by Crippen LogP contribution is 2.22. The van der Waals surface area contributed by atoms with Crippen molar-refractivity contribution in [3.63, 3.8) is 0 Å². The average molecular weight is 264 g/mol. The van der Waals surface area contributed by atoms with E-state index in [2.05, 4.69) is 31.5 Å². The van der Waals surface area contributed by atoms with Gasteiger partial charge in [-0.3, -0.25) is 4.79 Å². The molecule has 4 nitrogen and oxygen atoms in total. The summed E-state index contributed by atoms with van der Waals surface area (Å²) in [6.45, 7) is 1.79. The molecule has 1 rings (SSSR count). The quantitative estimate of drug-likeness (QED) is 0.868. The number of nitrogens with zero attached hydrogens (tertiary/aromatic N) is 1. The first-order valence-corrected chi connectivity index (χ1v) is 5.34. The molecule has 0 fully saturated rings. The van der Waals surface area contributed by atoms with Crippen molar-refractivity contribution in [2.24, 2.45) is 0 Å². The Morgan fingerprint density at radius 2 is 2.46 bits per heavy atom. The van der Waals surface area contributed by atoms with Crippen LogP contribution in [-0.2, 0) is 4.79 Å². The Morgan fingerprint density at radius 3 is 2.92 bits per heavy atom. The Hall–Kier alpha value is -0.460. The third-order valence-corrected chi connectivity index (χ3v) is 2.93. The van der Waals surface area contributed by atoms with Crippen molar-refractivity contribution in [3.05, 3.63) is 9.98 Å². The van der Waals surface area contributed by atoms with Crippen molar-refractivity contribution in [2.45, 2.75) is 13.0 Å². The van der Waals surface area contributed by atoms with Gasteiger partial charge < -0.3 is 10.6 Å². The van der Waals surface area contributed by atoms with Crippen LogP contribution >= 0.6 is 27.3 Å². The fraction of sp³-hybridized carbons (Fsp3) is 0.429. The molecule has 0 spiro atoms. The molecular weight excluding hydrogens is 254 g/mol. The van der Waals surface area contributed by atoms with Gasteiger partial charge in [-0.25, -0.2) is 4.98 Å². The van der Waals surface area contributed by atoms with Gasteiger partial charge in [-0.2, -0.15) is 0 Å². The fourth-order valence-electron chi connectivity index (χ4n) is 0.657. The van der Waals surface area contributed by atoms with E-state index in [0.717, 1.165) is 3.79 Å². The summed E-state index contributed by atoms with van der Waals surface area (Å²) in [5.74, 6) is -0.0793. The second-order valence-corrected chi connectivity index (χ2v) is 4.88. The topological polar surface area (TPSA) is 54.0 Å². The maximum atomic E-state index is 11.3. The lowest BCUT2D eigenvalue weighted by atomic mass is 10.3. The summed E-state index contributed by atoms with van der Waals surface area (Å²) in [6, 6.07) is -0.206. The lowest BCUT2D eigenvalue weighted by molar-refractivity contribution is -0.117. The SMILES string of the molecule is CN[C@@H](C)C(=O)Nc1ncc(Br)s1. The van der Waals surface area contributed by atoms with E-state index in [0.29, 0.717) is 5.13 Å². The molecule has 2 N–H and O–H groups in total. The van der Waals surface area contributed by atoms with E-state index in [4.69, 9.17) is 0 Å². The second kappa shape index (κ2) is 4.69. The predicted molar refractivity (Wildman–Crippen MR) is 57.0 cm³/mol. The number of carbonyl (C=O) groups excluding carboxylic acids is 1. The molecule has 0 aliphatic heterocycles. The zero-order chi connectivity index (χ0) is 9.84. The number of likely N-dealkylation sites (N-methyl/N-ethyl adjacent to an activating group) is 1. The minimum atomic E-state index is -0.206. The monoisotopic (exact) mass is 263 g/mol. The van der Waals surface area contributed by atoms with Gasteiger partial charge in [-0.05, 0) is 29.9 Å². The molecule has 0 saturated heterocycles. The number of hydrogen-bond donors (Lipinski definition) is 2. The molecule has 6 heteroatoms. The van der Waals surface area contributed by atoms with E-state index in [1.165, 1.54) is 11.3 Å². The summed E-state index contributed by atoms with van der Waals surface area (Å²) in [4.78, 5) is 15.3. The van der Waals surface area contributed by atoms with Crippen LogP contribution in [-0.4, -0.2) is 24.0 Å². The minimum absolute atomic E-state index is 0.0793. The standard InChI is InChI=1S/C7H10BrN3OS/c1-4(9-2)6(12)11-7-10-3-5(8)13-7/h3-4,9H,1-2H3,(H,10,11,12)/t4-/m0/s1. The Bertz CT molecular complexity index is 302. The van der Waals surface area contributed by atoms with Crippen molar-refractivity contribution >= 4 is 38.3 Å². The maximum absolute atomic E-state index is 11.3. The van der Waals surface area contributed by atoms with Crippen LogP contribution in [0.5, 0.6) is 0 Å². The smallest absolute Gasteiger partial charge is 0.242 e. The minimum Gasteiger partial charge on any atom is -0.309 e. The highest BCUT2D eigenvalue weighted by molar-refractivity contribution is 9.11. The van der Waals surface area contributed by atoms with E-state index >= 15 is 0 Å². The van der Waals surface area contributed by atoms with Crippen molar-refractivity contribution in [1.29, 1.82) is 0 Å². The Labute approximate surface area is 88.9 Å². The molecule has 1 atom stereocenters. The normalized spacial score (nSPS) is 12.5. The van der Waals surface area contributed by atoms with Gasteiger partial charge in [0.2, 0.25) is 5.91 Å². The van der Waals surface area contributed by atoms with Gasteiger partial charge in [0.25, 0.3) is 0 Å². The van der Waals surface area contributed by atoms with Gasteiger partial charge >= 0.3 is 0 Å². The summed E-state index contributed by atoms with van der Waals surface area (Å²) < 4.78 is 0.903. The molecule has 0 saturated carbocycles. The Kier molecular flexibility index (Phi) is 3.83. The molecule has 13 heavy (non-hydrogen) atoms. The number of hydrogen-bond acceptors (Lipinski definition) is 4. The van der Waals surface area contributed by atoms with Gasteiger partial charge in [0.05, 0.1) is 16.0 Å². The zero-order valence-electron chi connectivity index (χ0n) is 7.30. The van der Waals surface area contributed by atoms with Crippen molar-refractivity contribution in [3.8, 4) is 0 Å². The molecule has 0 unspecified atom stereocenters. The molecule has 1 aromatic rings. The predicted octanol–water partition coefficient (Wildman–Crippen LogP) is 1.45. The number of halogens is 1. The van der Waals surface area contributed by atoms with Gasteiger partial charge in [0.15, 0.2) is 5.13 Å². The molecule has 0 bridgehead atoms. The maximum Gasteiger partial charge on any atom is 0.242 e. The van der Waals surface area contributed by atoms with Crippen LogP contribution in [0.2, 0.25) is 0 Å². The summed E-state index contributed by atoms with van der Waals surface area (Å²) >= 11 is 4.66. The Morgan fingerprint density at radius 1 is 1.77 bits per heavy atom. The van der Waals surface area contributed by atoms with Crippen LogP contribution in [0.15, 0.2) is 9.98 Å². The largest absolute Gasteiger partial charge is 0.309 e. The number of aromatic nitrogens is 1. The van der Waals surface area contributed by atoms with Crippen molar-refractivity contribution < 1.29 is 4.79 Å². The van der Waals surface area contributed by atoms with E-state index in [9.17, 15) is 4.79 Å². The lowest BCUT2D eigenvalue weighted by Gasteiger charge is -2.07. The Balaban J connectivity index is 2.54. The molecule has 0 aliphatic rings. The van der Waals surface area contributed by atoms with Crippen LogP contribution in [0.1, 0.15) is 6.92 Å². The number of nitrogens with one attached hydrogen (secondary N) is 2. The molecular formula is C7H10BrN3OS. The second-order valence-electron chi connectivity index (χ2n) is 2.47. The van der Waals surface area contributed by atoms with E-state index in [-0.39, 0.29) is 11.9 Å². The number of carbonyl (C=O) groups is 1. The molecule has 1 amide bonds. The van der Waals surface area contributed by atoms with E-state index < -0.39 is 0 Å². The number of anilines is 1. The van der Waals surface area contributed by atoms with Gasteiger partial charge in [0, 0.05) is 0 Å². The van der Waals surface area contributed by atoms with Crippen molar-refractivity contribution in [2.75, 3.05) is 12.4 Å². The molecule has 1 heterocycles. The summed E-state index contributed by atoms with van der Waals surface area (Å²) in [7, 11) is 1.74. The summed E-state index contributed by atoms with van der Waals surface area (Å²) in [5, 5.41) is 6.14. The van der Waals surface area contributed by atoms with Crippen LogP contribution in [0, 0.1) is 0 Å². The van der Waals surface area contributed by atoms with Gasteiger partial charge in [0.1, 0.15) is 0 Å².